The van der Waals surface area contributed by atoms with Crippen molar-refractivity contribution >= 4 is 0 Å². The average Bonchev–Trinajstić information content (AvgIpc) is 2.21. The van der Waals surface area contributed by atoms with Gasteiger partial charge >= 0.3 is 0 Å². The van der Waals surface area contributed by atoms with Gasteiger partial charge in [0, 0.05) is 6.42 Å². The summed E-state index contributed by atoms with van der Waals surface area (Å²) in [6.45, 7) is 2.03. The molecule has 1 nitrogen and oxygen atoms in total. The van der Waals surface area contributed by atoms with E-state index >= 15 is 0 Å². The summed E-state index contributed by atoms with van der Waals surface area (Å²) in [5.41, 5.74) is 0. The molecule has 0 aromatic carbocycles. The topological polar surface area (TPSA) is 23.8 Å². The number of hydrogen-bond donors (Lipinski definition) is 0. The molecule has 76 valence electrons. The van der Waals surface area contributed by atoms with E-state index in [-0.39, 0.29) is 0 Å². The van der Waals surface area contributed by atoms with Gasteiger partial charge in [-0.3, -0.25) is 0 Å². The van der Waals surface area contributed by atoms with E-state index in [9.17, 15) is 0 Å². The molecule has 0 N–H and O–H groups in total. The highest BCUT2D eigenvalue weighted by Gasteiger charge is 1.82. The zero-order valence-corrected chi connectivity index (χ0v) is 8.95. The van der Waals surface area contributed by atoms with Gasteiger partial charge in [-0.2, -0.15) is 5.26 Å². The van der Waals surface area contributed by atoms with Crippen LogP contribution in [0.3, 0.4) is 0 Å². The van der Waals surface area contributed by atoms with Crippen molar-refractivity contribution in [2.24, 2.45) is 0 Å². The minimum absolute atomic E-state index is 0.685. The molecule has 0 saturated heterocycles. The number of nitrogens with zero attached hydrogens (tertiary/aromatic N) is 1. The zero-order chi connectivity index (χ0) is 10.5. The summed E-state index contributed by atoms with van der Waals surface area (Å²) in [6, 6.07) is 2.15. The Morgan fingerprint density at radius 1 is 1.07 bits per heavy atom. The van der Waals surface area contributed by atoms with Crippen LogP contribution in [0.4, 0.5) is 0 Å². The van der Waals surface area contributed by atoms with E-state index in [1.54, 1.807) is 0 Å². The van der Waals surface area contributed by atoms with E-state index in [0.29, 0.717) is 6.42 Å². The van der Waals surface area contributed by atoms with Gasteiger partial charge < -0.3 is 0 Å². The number of hydrogen-bond acceptors (Lipinski definition) is 1. The summed E-state index contributed by atoms with van der Waals surface area (Å²) < 4.78 is 0. The summed E-state index contributed by atoms with van der Waals surface area (Å²) in [5, 5.41) is 8.30. The highest BCUT2D eigenvalue weighted by Crippen LogP contribution is 1.99. The first-order valence-corrected chi connectivity index (χ1v) is 5.21. The van der Waals surface area contributed by atoms with Gasteiger partial charge in [-0.25, -0.2) is 0 Å². The second-order valence-corrected chi connectivity index (χ2v) is 3.06. The van der Waals surface area contributed by atoms with E-state index in [0.717, 1.165) is 25.7 Å². The lowest BCUT2D eigenvalue weighted by Gasteiger charge is -1.88. The van der Waals surface area contributed by atoms with Crippen LogP contribution >= 0.6 is 0 Å². The molecule has 0 rings (SSSR count). The monoisotopic (exact) mass is 189 g/mol. The van der Waals surface area contributed by atoms with Crippen molar-refractivity contribution in [2.45, 2.75) is 39.0 Å². The highest BCUT2D eigenvalue weighted by molar-refractivity contribution is 5.04. The quantitative estimate of drug-likeness (QED) is 0.335. The SMILES string of the molecule is C/C=C/C/C=C/C=C/CCCCC#N. The Morgan fingerprint density at radius 3 is 2.57 bits per heavy atom. The Hall–Kier alpha value is -1.29. The lowest BCUT2D eigenvalue weighted by Crippen LogP contribution is -1.71. The van der Waals surface area contributed by atoms with E-state index in [2.05, 4.69) is 42.5 Å². The number of nitriles is 1. The predicted molar refractivity (Wildman–Crippen MR) is 61.8 cm³/mol. The highest BCUT2D eigenvalue weighted by atomic mass is 14.2. The molecular weight excluding hydrogens is 170 g/mol. The fourth-order valence-corrected chi connectivity index (χ4v) is 1.01. The molecule has 0 saturated carbocycles. The van der Waals surface area contributed by atoms with Crippen molar-refractivity contribution in [3.05, 3.63) is 36.5 Å². The Morgan fingerprint density at radius 2 is 1.86 bits per heavy atom. The smallest absolute Gasteiger partial charge is 0.0621 e. The lowest BCUT2D eigenvalue weighted by molar-refractivity contribution is 0.768. The second kappa shape index (κ2) is 11.7. The van der Waals surface area contributed by atoms with E-state index in [1.807, 2.05) is 6.92 Å². The molecule has 0 unspecified atom stereocenters. The maximum Gasteiger partial charge on any atom is 0.0621 e. The summed E-state index contributed by atoms with van der Waals surface area (Å²) in [4.78, 5) is 0. The first-order chi connectivity index (χ1) is 6.91. The molecule has 0 aliphatic carbocycles. The normalized spacial score (nSPS) is 11.7. The third kappa shape index (κ3) is 10.7. The molecule has 0 amide bonds. The Labute approximate surface area is 87.4 Å². The number of rotatable bonds is 7. The molecule has 1 heteroatoms. The minimum atomic E-state index is 0.685. The molecule has 0 fully saturated rings. The van der Waals surface area contributed by atoms with Crippen LogP contribution in [0, 0.1) is 11.3 Å². The summed E-state index contributed by atoms with van der Waals surface area (Å²) >= 11 is 0. The van der Waals surface area contributed by atoms with Crippen molar-refractivity contribution in [1.29, 1.82) is 5.26 Å². The summed E-state index contributed by atoms with van der Waals surface area (Å²) in [5.74, 6) is 0. The van der Waals surface area contributed by atoms with Gasteiger partial charge in [0.1, 0.15) is 0 Å². The van der Waals surface area contributed by atoms with Gasteiger partial charge in [0.2, 0.25) is 0 Å². The molecule has 0 atom stereocenters. The zero-order valence-electron chi connectivity index (χ0n) is 8.95. The predicted octanol–water partition coefficient (Wildman–Crippen LogP) is 4.15. The largest absolute Gasteiger partial charge is 0.198 e. The van der Waals surface area contributed by atoms with Crippen molar-refractivity contribution in [3.8, 4) is 6.07 Å². The molecule has 0 spiro atoms. The van der Waals surface area contributed by atoms with Gasteiger partial charge in [-0.15, -0.1) is 0 Å². The minimum Gasteiger partial charge on any atom is -0.198 e. The van der Waals surface area contributed by atoms with Crippen molar-refractivity contribution in [1.82, 2.24) is 0 Å². The van der Waals surface area contributed by atoms with Crippen LogP contribution in [0.15, 0.2) is 36.5 Å². The van der Waals surface area contributed by atoms with Crippen molar-refractivity contribution in [3.63, 3.8) is 0 Å². The van der Waals surface area contributed by atoms with Crippen LogP contribution in [-0.4, -0.2) is 0 Å². The standard InChI is InChI=1S/C13H19N/c1-2-3-4-5-6-7-8-9-10-11-12-13-14/h2-3,5-8H,4,9-12H2,1H3/b3-2+,6-5+,8-7+. The molecule has 0 aliphatic rings. The Kier molecular flexibility index (Phi) is 10.6. The molecule has 0 aromatic rings. The number of unbranched alkanes of at least 4 members (excludes halogenated alkanes) is 3. The fourth-order valence-electron chi connectivity index (χ4n) is 1.01. The van der Waals surface area contributed by atoms with E-state index in [1.165, 1.54) is 0 Å². The molecule has 14 heavy (non-hydrogen) atoms. The van der Waals surface area contributed by atoms with E-state index in [4.69, 9.17) is 5.26 Å². The Balaban J connectivity index is 3.27. The summed E-state index contributed by atoms with van der Waals surface area (Å²) in [6.07, 6.45) is 17.5. The molecule has 0 aliphatic heterocycles. The molecular formula is C13H19N. The lowest BCUT2D eigenvalue weighted by atomic mass is 10.2. The maximum atomic E-state index is 8.30. The second-order valence-electron chi connectivity index (χ2n) is 3.06. The first-order valence-electron chi connectivity index (χ1n) is 5.21. The Bertz CT molecular complexity index is 228. The average molecular weight is 189 g/mol. The van der Waals surface area contributed by atoms with Crippen molar-refractivity contribution in [2.75, 3.05) is 0 Å². The van der Waals surface area contributed by atoms with Gasteiger partial charge in [0.15, 0.2) is 0 Å². The van der Waals surface area contributed by atoms with Crippen LogP contribution in [0.25, 0.3) is 0 Å². The van der Waals surface area contributed by atoms with Crippen LogP contribution in [0.2, 0.25) is 0 Å². The maximum absolute atomic E-state index is 8.30. The van der Waals surface area contributed by atoms with Crippen LogP contribution in [0.5, 0.6) is 0 Å². The third-order valence-corrected chi connectivity index (χ3v) is 1.80. The molecule has 0 heterocycles. The number of allylic oxidation sites excluding steroid dienone is 6. The van der Waals surface area contributed by atoms with Gasteiger partial charge in [-0.1, -0.05) is 36.5 Å². The van der Waals surface area contributed by atoms with Crippen LogP contribution in [-0.2, 0) is 0 Å². The van der Waals surface area contributed by atoms with Gasteiger partial charge in [0.05, 0.1) is 6.07 Å². The van der Waals surface area contributed by atoms with Crippen molar-refractivity contribution < 1.29 is 0 Å². The van der Waals surface area contributed by atoms with Crippen LogP contribution in [0.1, 0.15) is 39.0 Å². The first kappa shape index (κ1) is 12.7. The molecule has 0 bridgehead atoms. The summed E-state index contributed by atoms with van der Waals surface area (Å²) in [7, 11) is 0. The van der Waals surface area contributed by atoms with Gasteiger partial charge in [-0.05, 0) is 32.6 Å². The molecule has 0 radical (unpaired) electrons. The van der Waals surface area contributed by atoms with Gasteiger partial charge in [0.25, 0.3) is 0 Å². The van der Waals surface area contributed by atoms with Crippen LogP contribution < -0.4 is 0 Å². The fraction of sp³-hybridized carbons (Fsp3) is 0.462. The molecule has 0 aromatic heterocycles. The third-order valence-electron chi connectivity index (χ3n) is 1.80. The van der Waals surface area contributed by atoms with E-state index < -0.39 is 0 Å².